The second-order valence-electron chi connectivity index (χ2n) is 4.71. The Balaban J connectivity index is 2.51. The maximum Gasteiger partial charge on any atom is 0.0914 e. The summed E-state index contributed by atoms with van der Waals surface area (Å²) in [6.45, 7) is 5.99. The Kier molecular flexibility index (Phi) is 4.47. The molecule has 0 bridgehead atoms. The van der Waals surface area contributed by atoms with Gasteiger partial charge in [0.2, 0.25) is 0 Å². The predicted octanol–water partition coefficient (Wildman–Crippen LogP) is 1.47. The van der Waals surface area contributed by atoms with E-state index < -0.39 is 17.7 Å². The van der Waals surface area contributed by atoms with Crippen molar-refractivity contribution in [2.75, 3.05) is 6.54 Å². The topological polar surface area (TPSA) is 52.5 Å². The Morgan fingerprint density at radius 3 is 2.25 bits per heavy atom. The average Bonchev–Trinajstić information content (AvgIpc) is 2.27. The van der Waals surface area contributed by atoms with Gasteiger partial charge in [-0.25, -0.2) is 0 Å². The zero-order valence-corrected chi connectivity index (χ0v) is 10.1. The van der Waals surface area contributed by atoms with Gasteiger partial charge in [0.15, 0.2) is 0 Å². The molecule has 0 aliphatic carbocycles. The molecular weight excluding hydrogens is 202 g/mol. The summed E-state index contributed by atoms with van der Waals surface area (Å²) in [6, 6.07) is 9.50. The van der Waals surface area contributed by atoms with Crippen LogP contribution in [-0.4, -0.2) is 28.4 Å². The molecule has 1 aromatic rings. The van der Waals surface area contributed by atoms with Gasteiger partial charge in [-0.1, -0.05) is 30.3 Å². The van der Waals surface area contributed by atoms with Crippen molar-refractivity contribution in [3.8, 4) is 0 Å². The largest absolute Gasteiger partial charge is 0.392 e. The molecule has 0 aromatic heterocycles. The number of aliphatic hydroxyl groups is 2. The van der Waals surface area contributed by atoms with E-state index in [1.165, 1.54) is 0 Å². The molecule has 0 saturated carbocycles. The highest BCUT2D eigenvalue weighted by Crippen LogP contribution is 2.14. The highest BCUT2D eigenvalue weighted by Gasteiger charge is 2.24. The Bertz CT molecular complexity index is 309. The van der Waals surface area contributed by atoms with Crippen LogP contribution in [0.3, 0.4) is 0 Å². The van der Waals surface area contributed by atoms with E-state index in [4.69, 9.17) is 0 Å². The lowest BCUT2D eigenvalue weighted by molar-refractivity contribution is 0.0804. The highest BCUT2D eigenvalue weighted by atomic mass is 16.3. The Morgan fingerprint density at radius 2 is 1.75 bits per heavy atom. The van der Waals surface area contributed by atoms with Crippen molar-refractivity contribution in [3.63, 3.8) is 0 Å². The monoisotopic (exact) mass is 223 g/mol. The molecule has 0 aliphatic rings. The summed E-state index contributed by atoms with van der Waals surface area (Å²) in [7, 11) is 0. The fraction of sp³-hybridized carbons (Fsp3) is 0.538. The van der Waals surface area contributed by atoms with Crippen molar-refractivity contribution in [1.29, 1.82) is 0 Å². The second kappa shape index (κ2) is 5.43. The fourth-order valence-corrected chi connectivity index (χ4v) is 1.30. The third-order valence-corrected chi connectivity index (χ3v) is 2.98. The minimum absolute atomic E-state index is 0.393. The molecule has 1 aromatic carbocycles. The molecule has 3 N–H and O–H groups in total. The molecule has 0 fully saturated rings. The van der Waals surface area contributed by atoms with Crippen LogP contribution in [0.2, 0.25) is 0 Å². The molecule has 90 valence electrons. The van der Waals surface area contributed by atoms with Gasteiger partial charge < -0.3 is 15.5 Å². The van der Waals surface area contributed by atoms with Crippen molar-refractivity contribution < 1.29 is 10.2 Å². The van der Waals surface area contributed by atoms with E-state index in [1.807, 2.05) is 44.2 Å². The second-order valence-corrected chi connectivity index (χ2v) is 4.71. The number of hydrogen-bond acceptors (Lipinski definition) is 3. The summed E-state index contributed by atoms with van der Waals surface area (Å²) in [5.74, 6) is 0. The smallest absolute Gasteiger partial charge is 0.0914 e. The van der Waals surface area contributed by atoms with Crippen molar-refractivity contribution in [3.05, 3.63) is 35.9 Å². The summed E-state index contributed by atoms with van der Waals surface area (Å²) in [5.41, 5.74) is 0.492. The van der Waals surface area contributed by atoms with Crippen LogP contribution in [0.15, 0.2) is 30.3 Å². The molecule has 0 amide bonds. The zero-order valence-electron chi connectivity index (χ0n) is 10.1. The van der Waals surface area contributed by atoms with Crippen molar-refractivity contribution >= 4 is 0 Å². The van der Waals surface area contributed by atoms with E-state index in [0.29, 0.717) is 6.54 Å². The van der Waals surface area contributed by atoms with Gasteiger partial charge in [0.1, 0.15) is 0 Å². The van der Waals surface area contributed by atoms with Crippen LogP contribution in [0, 0.1) is 0 Å². The van der Waals surface area contributed by atoms with Crippen LogP contribution in [0.5, 0.6) is 0 Å². The third-order valence-electron chi connectivity index (χ3n) is 2.98. The van der Waals surface area contributed by atoms with Crippen LogP contribution >= 0.6 is 0 Å². The number of β-amino-alcohol motifs (C(OH)–C–C–N with tert-alkyl or cyclic N) is 1. The lowest BCUT2D eigenvalue weighted by atomic mass is 9.98. The molecule has 0 radical (unpaired) electrons. The first-order chi connectivity index (χ1) is 7.43. The first kappa shape index (κ1) is 13.2. The minimum Gasteiger partial charge on any atom is -0.392 e. The summed E-state index contributed by atoms with van der Waals surface area (Å²) in [6.07, 6.45) is -1.00. The SMILES string of the molecule is CC(O)C(C)(C)NCC(O)c1ccccc1. The van der Waals surface area contributed by atoms with E-state index in [2.05, 4.69) is 5.32 Å². The van der Waals surface area contributed by atoms with Gasteiger partial charge in [-0.2, -0.15) is 0 Å². The van der Waals surface area contributed by atoms with Gasteiger partial charge >= 0.3 is 0 Å². The fourth-order valence-electron chi connectivity index (χ4n) is 1.30. The summed E-state index contributed by atoms with van der Waals surface area (Å²) in [4.78, 5) is 0. The summed E-state index contributed by atoms with van der Waals surface area (Å²) < 4.78 is 0. The quantitative estimate of drug-likeness (QED) is 0.708. The average molecular weight is 223 g/mol. The van der Waals surface area contributed by atoms with Crippen LogP contribution in [0.25, 0.3) is 0 Å². The maximum atomic E-state index is 9.92. The molecule has 0 aliphatic heterocycles. The summed E-state index contributed by atoms with van der Waals surface area (Å²) in [5, 5.41) is 22.6. The van der Waals surface area contributed by atoms with Gasteiger partial charge in [-0.05, 0) is 26.3 Å². The molecule has 0 spiro atoms. The molecule has 3 heteroatoms. The van der Waals surface area contributed by atoms with Crippen LogP contribution < -0.4 is 5.32 Å². The lowest BCUT2D eigenvalue weighted by Crippen LogP contribution is -2.49. The van der Waals surface area contributed by atoms with E-state index >= 15 is 0 Å². The third kappa shape index (κ3) is 3.59. The van der Waals surface area contributed by atoms with E-state index in [1.54, 1.807) is 6.92 Å². The van der Waals surface area contributed by atoms with Gasteiger partial charge in [0, 0.05) is 12.1 Å². The first-order valence-electron chi connectivity index (χ1n) is 5.59. The van der Waals surface area contributed by atoms with Gasteiger partial charge in [0.25, 0.3) is 0 Å². The van der Waals surface area contributed by atoms with E-state index in [-0.39, 0.29) is 0 Å². The van der Waals surface area contributed by atoms with E-state index in [9.17, 15) is 10.2 Å². The van der Waals surface area contributed by atoms with Crippen molar-refractivity contribution in [2.45, 2.75) is 38.5 Å². The lowest BCUT2D eigenvalue weighted by Gasteiger charge is -2.30. The Labute approximate surface area is 97.1 Å². The molecule has 3 nitrogen and oxygen atoms in total. The predicted molar refractivity (Wildman–Crippen MR) is 65.2 cm³/mol. The van der Waals surface area contributed by atoms with Gasteiger partial charge in [0.05, 0.1) is 12.2 Å². The normalized spacial score (nSPS) is 15.8. The van der Waals surface area contributed by atoms with Crippen LogP contribution in [0.4, 0.5) is 0 Å². The van der Waals surface area contributed by atoms with Gasteiger partial charge in [-0.15, -0.1) is 0 Å². The molecule has 2 unspecified atom stereocenters. The molecule has 1 rings (SSSR count). The van der Waals surface area contributed by atoms with Crippen LogP contribution in [0.1, 0.15) is 32.4 Å². The number of hydrogen-bond donors (Lipinski definition) is 3. The number of benzene rings is 1. The first-order valence-corrected chi connectivity index (χ1v) is 5.59. The van der Waals surface area contributed by atoms with Crippen molar-refractivity contribution in [1.82, 2.24) is 5.32 Å². The Morgan fingerprint density at radius 1 is 1.19 bits per heavy atom. The van der Waals surface area contributed by atoms with Gasteiger partial charge in [-0.3, -0.25) is 0 Å². The van der Waals surface area contributed by atoms with Crippen LogP contribution in [-0.2, 0) is 0 Å². The molecular formula is C13H21NO2. The minimum atomic E-state index is -0.542. The molecule has 0 heterocycles. The summed E-state index contributed by atoms with van der Waals surface area (Å²) >= 11 is 0. The molecule has 2 atom stereocenters. The Hall–Kier alpha value is -0.900. The van der Waals surface area contributed by atoms with E-state index in [0.717, 1.165) is 5.56 Å². The standard InChI is InChI=1S/C13H21NO2/c1-10(15)13(2,3)14-9-12(16)11-7-5-4-6-8-11/h4-8,10,12,14-16H,9H2,1-3H3. The van der Waals surface area contributed by atoms with Crippen molar-refractivity contribution in [2.24, 2.45) is 0 Å². The zero-order chi connectivity index (χ0) is 12.2. The number of nitrogens with one attached hydrogen (secondary N) is 1. The highest BCUT2D eigenvalue weighted by molar-refractivity contribution is 5.17. The molecule has 0 saturated heterocycles. The number of aliphatic hydroxyl groups excluding tert-OH is 2. The number of rotatable bonds is 5. The molecule has 16 heavy (non-hydrogen) atoms. The maximum absolute atomic E-state index is 9.92.